The number of amides is 1. The lowest BCUT2D eigenvalue weighted by atomic mass is 10.1. The summed E-state index contributed by atoms with van der Waals surface area (Å²) in [4.78, 5) is 12.1. The SMILES string of the molecule is O=C(NCC(O)c1ccc(Cl)c(F)c1)c1ccc2[nH]ncc2c1. The molecule has 23 heavy (non-hydrogen) atoms. The van der Waals surface area contributed by atoms with Crippen molar-refractivity contribution in [2.24, 2.45) is 0 Å². The molecule has 1 amide bonds. The van der Waals surface area contributed by atoms with Gasteiger partial charge in [-0.2, -0.15) is 5.10 Å². The van der Waals surface area contributed by atoms with Crippen molar-refractivity contribution in [2.45, 2.75) is 6.10 Å². The quantitative estimate of drug-likeness (QED) is 0.687. The summed E-state index contributed by atoms with van der Waals surface area (Å²) in [5.74, 6) is -0.943. The third-order valence-corrected chi connectivity index (χ3v) is 3.79. The lowest BCUT2D eigenvalue weighted by molar-refractivity contribution is 0.0916. The van der Waals surface area contributed by atoms with E-state index < -0.39 is 11.9 Å². The molecule has 0 aliphatic heterocycles. The number of rotatable bonds is 4. The van der Waals surface area contributed by atoms with Crippen molar-refractivity contribution in [3.63, 3.8) is 0 Å². The van der Waals surface area contributed by atoms with E-state index in [9.17, 15) is 14.3 Å². The van der Waals surface area contributed by atoms with Crippen molar-refractivity contribution in [2.75, 3.05) is 6.54 Å². The van der Waals surface area contributed by atoms with Gasteiger partial charge < -0.3 is 10.4 Å². The number of hydrogen-bond donors (Lipinski definition) is 3. The monoisotopic (exact) mass is 333 g/mol. The molecule has 0 spiro atoms. The van der Waals surface area contributed by atoms with Crippen molar-refractivity contribution in [3.8, 4) is 0 Å². The fourth-order valence-electron chi connectivity index (χ4n) is 2.21. The molecule has 0 aliphatic rings. The van der Waals surface area contributed by atoms with Crippen LogP contribution < -0.4 is 5.32 Å². The van der Waals surface area contributed by atoms with E-state index in [1.54, 1.807) is 24.4 Å². The van der Waals surface area contributed by atoms with Crippen LogP contribution in [0.15, 0.2) is 42.6 Å². The van der Waals surface area contributed by atoms with Gasteiger partial charge in [0.15, 0.2) is 0 Å². The van der Waals surface area contributed by atoms with Gasteiger partial charge in [-0.1, -0.05) is 17.7 Å². The van der Waals surface area contributed by atoms with Gasteiger partial charge in [-0.15, -0.1) is 0 Å². The Morgan fingerprint density at radius 1 is 1.35 bits per heavy atom. The number of aromatic nitrogens is 2. The number of nitrogens with one attached hydrogen (secondary N) is 2. The Balaban J connectivity index is 1.66. The van der Waals surface area contributed by atoms with Gasteiger partial charge in [-0.05, 0) is 35.9 Å². The van der Waals surface area contributed by atoms with Crippen LogP contribution in [0.4, 0.5) is 4.39 Å². The molecule has 1 atom stereocenters. The predicted molar refractivity (Wildman–Crippen MR) is 84.8 cm³/mol. The largest absolute Gasteiger partial charge is 0.387 e. The Labute approximate surface area is 136 Å². The van der Waals surface area contributed by atoms with E-state index in [2.05, 4.69) is 15.5 Å². The summed E-state index contributed by atoms with van der Waals surface area (Å²) in [6.07, 6.45) is 0.598. The zero-order valence-corrected chi connectivity index (χ0v) is 12.6. The Morgan fingerprint density at radius 2 is 2.17 bits per heavy atom. The van der Waals surface area contributed by atoms with Crippen molar-refractivity contribution in [1.29, 1.82) is 0 Å². The predicted octanol–water partition coefficient (Wildman–Crippen LogP) is 2.82. The molecule has 7 heteroatoms. The van der Waals surface area contributed by atoms with Gasteiger partial charge in [0.1, 0.15) is 5.82 Å². The number of nitrogens with zero attached hydrogens (tertiary/aromatic N) is 1. The van der Waals surface area contributed by atoms with Crippen molar-refractivity contribution in [1.82, 2.24) is 15.5 Å². The molecule has 118 valence electrons. The summed E-state index contributed by atoms with van der Waals surface area (Å²) >= 11 is 5.60. The Kier molecular flexibility index (Phi) is 4.27. The molecule has 0 saturated heterocycles. The van der Waals surface area contributed by atoms with Gasteiger partial charge in [-0.3, -0.25) is 9.89 Å². The average Bonchev–Trinajstić information content (AvgIpc) is 3.02. The summed E-state index contributed by atoms with van der Waals surface area (Å²) in [5.41, 5.74) is 1.63. The number of halogens is 2. The minimum atomic E-state index is -1.02. The smallest absolute Gasteiger partial charge is 0.251 e. The van der Waals surface area contributed by atoms with Gasteiger partial charge in [0.25, 0.3) is 5.91 Å². The molecule has 1 unspecified atom stereocenters. The number of aliphatic hydroxyl groups is 1. The van der Waals surface area contributed by atoms with Crippen LogP contribution in [-0.2, 0) is 0 Å². The second-order valence-corrected chi connectivity index (χ2v) is 5.48. The fourth-order valence-corrected chi connectivity index (χ4v) is 2.33. The molecular formula is C16H13ClFN3O2. The molecule has 0 radical (unpaired) electrons. The lowest BCUT2D eigenvalue weighted by Gasteiger charge is -2.13. The minimum absolute atomic E-state index is 0.0154. The van der Waals surface area contributed by atoms with Gasteiger partial charge in [0, 0.05) is 17.5 Å². The first kappa shape index (κ1) is 15.5. The molecule has 3 rings (SSSR count). The van der Waals surface area contributed by atoms with E-state index in [-0.39, 0.29) is 17.5 Å². The summed E-state index contributed by atoms with van der Waals surface area (Å²) in [5, 5.41) is 20.1. The number of fused-ring (bicyclic) bond motifs is 1. The van der Waals surface area contributed by atoms with Gasteiger partial charge in [0.05, 0.1) is 22.8 Å². The van der Waals surface area contributed by atoms with E-state index in [0.29, 0.717) is 11.1 Å². The normalized spacial score (nSPS) is 12.3. The number of aromatic amines is 1. The van der Waals surface area contributed by atoms with Crippen LogP contribution >= 0.6 is 11.6 Å². The standard InChI is InChI=1S/C16H13ClFN3O2/c17-12-3-1-9(6-13(12)18)15(22)8-19-16(23)10-2-4-14-11(5-10)7-20-21-14/h1-7,15,22H,8H2,(H,19,23)(H,20,21). The van der Waals surface area contributed by atoms with Crippen molar-refractivity contribution >= 4 is 28.4 Å². The maximum atomic E-state index is 13.4. The van der Waals surface area contributed by atoms with Crippen LogP contribution in [0.25, 0.3) is 10.9 Å². The number of carbonyl (C=O) groups is 1. The Morgan fingerprint density at radius 3 is 2.96 bits per heavy atom. The van der Waals surface area contributed by atoms with Crippen LogP contribution in [0.3, 0.4) is 0 Å². The average molecular weight is 334 g/mol. The van der Waals surface area contributed by atoms with Gasteiger partial charge in [-0.25, -0.2) is 4.39 Å². The molecular weight excluding hydrogens is 321 g/mol. The molecule has 0 fully saturated rings. The molecule has 3 aromatic rings. The highest BCUT2D eigenvalue weighted by Crippen LogP contribution is 2.20. The lowest BCUT2D eigenvalue weighted by Crippen LogP contribution is -2.28. The maximum absolute atomic E-state index is 13.4. The second kappa shape index (κ2) is 6.36. The second-order valence-electron chi connectivity index (χ2n) is 5.07. The molecule has 1 heterocycles. The van der Waals surface area contributed by atoms with E-state index in [0.717, 1.165) is 17.0 Å². The van der Waals surface area contributed by atoms with E-state index >= 15 is 0 Å². The summed E-state index contributed by atoms with van der Waals surface area (Å²) in [7, 11) is 0. The number of hydrogen-bond acceptors (Lipinski definition) is 3. The van der Waals surface area contributed by atoms with Crippen molar-refractivity contribution < 1.29 is 14.3 Å². The number of H-pyrrole nitrogens is 1. The summed E-state index contributed by atoms with van der Waals surface area (Å²) in [6.45, 7) is -0.0384. The fraction of sp³-hybridized carbons (Fsp3) is 0.125. The number of aliphatic hydroxyl groups excluding tert-OH is 1. The highest BCUT2D eigenvalue weighted by atomic mass is 35.5. The third kappa shape index (κ3) is 3.33. The van der Waals surface area contributed by atoms with Gasteiger partial charge >= 0.3 is 0 Å². The highest BCUT2D eigenvalue weighted by Gasteiger charge is 2.13. The third-order valence-electron chi connectivity index (χ3n) is 3.49. The minimum Gasteiger partial charge on any atom is -0.387 e. The van der Waals surface area contributed by atoms with E-state index in [1.165, 1.54) is 12.1 Å². The first-order valence-electron chi connectivity index (χ1n) is 6.89. The zero-order chi connectivity index (χ0) is 16.4. The summed E-state index contributed by atoms with van der Waals surface area (Å²) < 4.78 is 13.4. The van der Waals surface area contributed by atoms with Crippen LogP contribution in [0.2, 0.25) is 5.02 Å². The molecule has 5 nitrogen and oxygen atoms in total. The van der Waals surface area contributed by atoms with Crippen LogP contribution in [0.5, 0.6) is 0 Å². The zero-order valence-electron chi connectivity index (χ0n) is 11.9. The Bertz CT molecular complexity index is 865. The summed E-state index contributed by atoms with van der Waals surface area (Å²) in [6, 6.07) is 9.13. The first-order chi connectivity index (χ1) is 11.0. The molecule has 0 bridgehead atoms. The molecule has 3 N–H and O–H groups in total. The van der Waals surface area contributed by atoms with Crippen molar-refractivity contribution in [3.05, 3.63) is 64.6 Å². The molecule has 2 aromatic carbocycles. The maximum Gasteiger partial charge on any atom is 0.251 e. The van der Waals surface area contributed by atoms with Gasteiger partial charge in [0.2, 0.25) is 0 Å². The number of benzene rings is 2. The van der Waals surface area contributed by atoms with Crippen LogP contribution in [0.1, 0.15) is 22.0 Å². The van der Waals surface area contributed by atoms with Crippen LogP contribution in [0, 0.1) is 5.82 Å². The Hall–Kier alpha value is -2.44. The first-order valence-corrected chi connectivity index (χ1v) is 7.27. The van der Waals surface area contributed by atoms with Crippen LogP contribution in [-0.4, -0.2) is 27.8 Å². The molecule has 0 saturated carbocycles. The molecule has 1 aromatic heterocycles. The van der Waals surface area contributed by atoms with E-state index in [1.807, 2.05) is 0 Å². The van der Waals surface area contributed by atoms with E-state index in [4.69, 9.17) is 11.6 Å². The topological polar surface area (TPSA) is 78.0 Å². The highest BCUT2D eigenvalue weighted by molar-refractivity contribution is 6.30. The number of carbonyl (C=O) groups excluding carboxylic acids is 1. The molecule has 0 aliphatic carbocycles.